The van der Waals surface area contributed by atoms with E-state index in [1.165, 1.54) is 18.2 Å². The molecule has 100 valence electrons. The third-order valence-corrected chi connectivity index (χ3v) is 2.40. The van der Waals surface area contributed by atoms with E-state index < -0.39 is 6.43 Å². The summed E-state index contributed by atoms with van der Waals surface area (Å²) in [6.45, 7) is 8.95. The third kappa shape index (κ3) is 4.65. The molecule has 0 atom stereocenters. The normalized spacial score (nSPS) is 14.5. The second-order valence-corrected chi connectivity index (χ2v) is 3.64. The van der Waals surface area contributed by atoms with Crippen LogP contribution in [0.1, 0.15) is 19.8 Å². The molecule has 18 heavy (non-hydrogen) atoms. The molecule has 0 aliphatic heterocycles. The van der Waals surface area contributed by atoms with E-state index in [2.05, 4.69) is 18.2 Å². The largest absolute Gasteiger partial charge is 0.398 e. The Kier molecular flexibility index (Phi) is 7.59. The summed E-state index contributed by atoms with van der Waals surface area (Å²) in [6, 6.07) is 0. The summed E-state index contributed by atoms with van der Waals surface area (Å²) in [6.07, 6.45) is 2.87. The van der Waals surface area contributed by atoms with Crippen molar-refractivity contribution in [1.29, 1.82) is 0 Å². The molecule has 2 N–H and O–H groups in total. The van der Waals surface area contributed by atoms with Crippen molar-refractivity contribution < 1.29 is 8.78 Å². The van der Waals surface area contributed by atoms with E-state index in [0.717, 1.165) is 6.42 Å². The zero-order valence-electron chi connectivity index (χ0n) is 10.9. The molecule has 0 amide bonds. The van der Waals surface area contributed by atoms with Crippen LogP contribution in [0.25, 0.3) is 0 Å². The minimum absolute atomic E-state index is 0.170. The molecular formula is C14H20F2N2. The number of halogens is 2. The Balaban J connectivity index is 5.64. The summed E-state index contributed by atoms with van der Waals surface area (Å²) in [5, 5.41) is 0. The zero-order chi connectivity index (χ0) is 14.1. The maximum absolute atomic E-state index is 13.1. The summed E-state index contributed by atoms with van der Waals surface area (Å²) in [5.74, 6) is 0. The Morgan fingerprint density at radius 2 is 1.94 bits per heavy atom. The summed E-state index contributed by atoms with van der Waals surface area (Å²) >= 11 is 0. The zero-order valence-corrected chi connectivity index (χ0v) is 10.9. The van der Waals surface area contributed by atoms with Crippen LogP contribution < -0.4 is 5.73 Å². The molecule has 0 saturated carbocycles. The molecule has 0 aromatic heterocycles. The van der Waals surface area contributed by atoms with E-state index in [1.54, 1.807) is 7.05 Å². The molecule has 0 unspecified atom stereocenters. The average Bonchev–Trinajstić information content (AvgIpc) is 2.36. The quantitative estimate of drug-likeness (QED) is 0.546. The Hall–Kier alpha value is -1.71. The van der Waals surface area contributed by atoms with Crippen molar-refractivity contribution in [2.75, 3.05) is 7.05 Å². The Morgan fingerprint density at radius 3 is 2.28 bits per heavy atom. The number of aliphatic imine (C=N–C) groups is 1. The highest BCUT2D eigenvalue weighted by Crippen LogP contribution is 2.22. The van der Waals surface area contributed by atoms with Crippen molar-refractivity contribution in [3.63, 3.8) is 0 Å². The van der Waals surface area contributed by atoms with Crippen molar-refractivity contribution in [2.45, 2.75) is 26.2 Å². The minimum Gasteiger partial charge on any atom is -0.398 e. The van der Waals surface area contributed by atoms with Gasteiger partial charge in [0, 0.05) is 29.6 Å². The van der Waals surface area contributed by atoms with Crippen molar-refractivity contribution >= 4 is 5.71 Å². The van der Waals surface area contributed by atoms with E-state index in [9.17, 15) is 8.78 Å². The molecule has 0 saturated heterocycles. The lowest BCUT2D eigenvalue weighted by Crippen LogP contribution is -2.09. The van der Waals surface area contributed by atoms with Crippen molar-refractivity contribution in [1.82, 2.24) is 0 Å². The molecule has 0 aromatic rings. The Morgan fingerprint density at radius 1 is 1.33 bits per heavy atom. The fraction of sp³-hybridized carbons (Fsp3) is 0.357. The highest BCUT2D eigenvalue weighted by molar-refractivity contribution is 5.96. The maximum Gasteiger partial charge on any atom is 0.264 e. The second kappa shape index (κ2) is 8.39. The first kappa shape index (κ1) is 16.3. The first-order chi connectivity index (χ1) is 8.51. The van der Waals surface area contributed by atoms with Gasteiger partial charge in [-0.3, -0.25) is 4.99 Å². The van der Waals surface area contributed by atoms with Gasteiger partial charge in [0.1, 0.15) is 0 Å². The van der Waals surface area contributed by atoms with Crippen LogP contribution in [0, 0.1) is 0 Å². The van der Waals surface area contributed by atoms with Crippen LogP contribution in [0.4, 0.5) is 8.78 Å². The van der Waals surface area contributed by atoms with Gasteiger partial charge < -0.3 is 5.73 Å². The number of hydrogen-bond donors (Lipinski definition) is 1. The van der Waals surface area contributed by atoms with Gasteiger partial charge in [0.25, 0.3) is 6.43 Å². The predicted molar refractivity (Wildman–Crippen MR) is 74.0 cm³/mol. The van der Waals surface area contributed by atoms with Crippen LogP contribution in [-0.4, -0.2) is 19.2 Å². The lowest BCUT2D eigenvalue weighted by Gasteiger charge is -2.11. The number of nitrogens with zero attached hydrogens (tertiary/aromatic N) is 1. The molecule has 0 aromatic carbocycles. The second-order valence-electron chi connectivity index (χ2n) is 3.64. The first-order valence-corrected chi connectivity index (χ1v) is 5.72. The summed E-state index contributed by atoms with van der Waals surface area (Å²) in [4.78, 5) is 3.99. The molecular weight excluding hydrogens is 234 g/mol. The molecule has 0 heterocycles. The van der Waals surface area contributed by atoms with Crippen molar-refractivity contribution in [2.24, 2.45) is 10.7 Å². The number of rotatable bonds is 7. The van der Waals surface area contributed by atoms with Gasteiger partial charge in [0.2, 0.25) is 0 Å². The topological polar surface area (TPSA) is 38.4 Å². The molecule has 2 nitrogen and oxygen atoms in total. The van der Waals surface area contributed by atoms with E-state index in [4.69, 9.17) is 5.73 Å². The van der Waals surface area contributed by atoms with E-state index in [1.807, 2.05) is 6.92 Å². The van der Waals surface area contributed by atoms with Crippen LogP contribution in [0.3, 0.4) is 0 Å². The number of allylic oxidation sites excluding steroid dienone is 5. The Labute approximate surface area is 107 Å². The van der Waals surface area contributed by atoms with Gasteiger partial charge in [-0.25, -0.2) is 8.78 Å². The lowest BCUT2D eigenvalue weighted by molar-refractivity contribution is 0.193. The maximum atomic E-state index is 13.1. The van der Waals surface area contributed by atoms with Crippen LogP contribution in [0.15, 0.2) is 53.2 Å². The fourth-order valence-corrected chi connectivity index (χ4v) is 1.45. The van der Waals surface area contributed by atoms with Gasteiger partial charge in [-0.2, -0.15) is 0 Å². The summed E-state index contributed by atoms with van der Waals surface area (Å²) in [5.41, 5.74) is 6.47. The van der Waals surface area contributed by atoms with E-state index in [0.29, 0.717) is 12.1 Å². The van der Waals surface area contributed by atoms with Gasteiger partial charge in [0.15, 0.2) is 0 Å². The van der Waals surface area contributed by atoms with Gasteiger partial charge in [0.05, 0.1) is 0 Å². The first-order valence-electron chi connectivity index (χ1n) is 5.72. The third-order valence-electron chi connectivity index (χ3n) is 2.40. The van der Waals surface area contributed by atoms with Crippen LogP contribution in [0.5, 0.6) is 0 Å². The molecule has 0 rings (SSSR count). The van der Waals surface area contributed by atoms with Crippen LogP contribution in [0.2, 0.25) is 0 Å². The standard InChI is InChI=1S/C14H20F2N2/c1-5-8-10(18-4)9-12(14(15)16)11(6-2)13(17)7-3/h6-7,9,14H,2-3,5,8,17H2,1,4H3/b12-9+,13-11-,18-10?. The van der Waals surface area contributed by atoms with Gasteiger partial charge in [-0.15, -0.1) is 0 Å². The molecule has 4 heteroatoms. The van der Waals surface area contributed by atoms with Gasteiger partial charge >= 0.3 is 0 Å². The van der Waals surface area contributed by atoms with Crippen molar-refractivity contribution in [3.05, 3.63) is 48.2 Å². The minimum atomic E-state index is -2.63. The molecule has 0 spiro atoms. The van der Waals surface area contributed by atoms with E-state index >= 15 is 0 Å². The molecule has 0 bridgehead atoms. The average molecular weight is 254 g/mol. The SMILES string of the molecule is C=C/C(N)=C(C=C)/C(=C\C(CCC)=NC)C(F)F. The smallest absolute Gasteiger partial charge is 0.264 e. The predicted octanol–water partition coefficient (Wildman–Crippen LogP) is 3.63. The van der Waals surface area contributed by atoms with Crippen molar-refractivity contribution in [3.8, 4) is 0 Å². The highest BCUT2D eigenvalue weighted by Gasteiger charge is 2.16. The molecule has 0 radical (unpaired) electrons. The Bertz CT molecular complexity index is 391. The molecule has 0 aliphatic rings. The summed E-state index contributed by atoms with van der Waals surface area (Å²) in [7, 11) is 1.58. The number of alkyl halides is 2. The van der Waals surface area contributed by atoms with Crippen LogP contribution >= 0.6 is 0 Å². The summed E-state index contributed by atoms with van der Waals surface area (Å²) < 4.78 is 26.1. The van der Waals surface area contributed by atoms with Crippen LogP contribution in [-0.2, 0) is 0 Å². The lowest BCUT2D eigenvalue weighted by atomic mass is 10.0. The van der Waals surface area contributed by atoms with E-state index in [-0.39, 0.29) is 16.8 Å². The monoisotopic (exact) mass is 254 g/mol. The van der Waals surface area contributed by atoms with Gasteiger partial charge in [-0.05, 0) is 18.6 Å². The molecule has 0 aliphatic carbocycles. The highest BCUT2D eigenvalue weighted by atomic mass is 19.3. The molecule has 0 fully saturated rings. The number of hydrogen-bond acceptors (Lipinski definition) is 2. The van der Waals surface area contributed by atoms with Gasteiger partial charge in [-0.1, -0.05) is 32.6 Å². The number of nitrogens with two attached hydrogens (primary N) is 1. The fourth-order valence-electron chi connectivity index (χ4n) is 1.45.